The van der Waals surface area contributed by atoms with Crippen LogP contribution >= 0.6 is 0 Å². The summed E-state index contributed by atoms with van der Waals surface area (Å²) in [5, 5.41) is 0. The number of carbonyl (C=O) groups excluding carboxylic acids is 1. The summed E-state index contributed by atoms with van der Waals surface area (Å²) in [7, 11) is 1.91. The van der Waals surface area contributed by atoms with Crippen molar-refractivity contribution < 1.29 is 4.79 Å². The van der Waals surface area contributed by atoms with Crippen LogP contribution in [0.2, 0.25) is 0 Å². The Morgan fingerprint density at radius 1 is 1.12 bits per heavy atom. The molecule has 1 unspecified atom stereocenters. The molecule has 1 aliphatic carbocycles. The van der Waals surface area contributed by atoms with E-state index in [9.17, 15) is 4.79 Å². The Morgan fingerprint density at radius 2 is 1.79 bits per heavy atom. The molecule has 3 nitrogen and oxygen atoms in total. The number of likely N-dealkylation sites (N-methyl/N-ethyl adjacent to an activating group) is 1. The zero-order valence-electron chi connectivity index (χ0n) is 14.4. The van der Waals surface area contributed by atoms with Gasteiger partial charge in [0.15, 0.2) is 0 Å². The first-order chi connectivity index (χ1) is 11.6. The van der Waals surface area contributed by atoms with E-state index < -0.39 is 0 Å². The summed E-state index contributed by atoms with van der Waals surface area (Å²) in [5.74, 6) is 0.179. The molecule has 0 aromatic heterocycles. The molecule has 1 heterocycles. The van der Waals surface area contributed by atoms with Crippen LogP contribution in [-0.2, 0) is 10.2 Å². The van der Waals surface area contributed by atoms with Crippen LogP contribution in [0.15, 0.2) is 54.6 Å². The first kappa shape index (κ1) is 15.3. The van der Waals surface area contributed by atoms with Gasteiger partial charge in [0.2, 0.25) is 5.91 Å². The lowest BCUT2D eigenvalue weighted by atomic mass is 9.99. The van der Waals surface area contributed by atoms with Crippen molar-refractivity contribution in [2.45, 2.75) is 31.2 Å². The zero-order chi connectivity index (χ0) is 16.7. The van der Waals surface area contributed by atoms with Crippen LogP contribution < -0.4 is 4.90 Å². The van der Waals surface area contributed by atoms with Gasteiger partial charge in [0, 0.05) is 24.7 Å². The molecule has 2 aliphatic rings. The normalized spacial score (nSPS) is 18.3. The fourth-order valence-corrected chi connectivity index (χ4v) is 3.90. The fourth-order valence-electron chi connectivity index (χ4n) is 3.90. The summed E-state index contributed by atoms with van der Waals surface area (Å²) >= 11 is 0. The smallest absolute Gasteiger partial charge is 0.242 e. The van der Waals surface area contributed by atoms with Crippen molar-refractivity contribution in [3.63, 3.8) is 0 Å². The lowest BCUT2D eigenvalue weighted by Gasteiger charge is -2.28. The zero-order valence-corrected chi connectivity index (χ0v) is 14.4. The minimum atomic E-state index is 0.0893. The summed E-state index contributed by atoms with van der Waals surface area (Å²) in [5.41, 5.74) is 4.20. The maximum absolute atomic E-state index is 12.8. The average Bonchev–Trinajstić information content (AvgIpc) is 3.34. The van der Waals surface area contributed by atoms with Gasteiger partial charge in [0.1, 0.15) is 0 Å². The summed E-state index contributed by atoms with van der Waals surface area (Å²) in [6.07, 6.45) is 2.51. The van der Waals surface area contributed by atoms with Gasteiger partial charge in [0.25, 0.3) is 0 Å². The van der Waals surface area contributed by atoms with Gasteiger partial charge in [-0.15, -0.1) is 0 Å². The summed E-state index contributed by atoms with van der Waals surface area (Å²) in [4.78, 5) is 17.0. The molecule has 1 aliphatic heterocycles. The van der Waals surface area contributed by atoms with Crippen molar-refractivity contribution in [1.29, 1.82) is 0 Å². The van der Waals surface area contributed by atoms with Crippen molar-refractivity contribution in [1.82, 2.24) is 4.90 Å². The molecule has 0 bridgehead atoms. The second-order valence-corrected chi connectivity index (χ2v) is 7.24. The predicted molar refractivity (Wildman–Crippen MR) is 97.2 cm³/mol. The third-order valence-electron chi connectivity index (χ3n) is 5.75. The summed E-state index contributed by atoms with van der Waals surface area (Å²) in [6.45, 7) is 3.55. The minimum Gasteiger partial charge on any atom is -0.361 e. The maximum atomic E-state index is 12.8. The highest BCUT2D eigenvalue weighted by molar-refractivity contribution is 5.83. The van der Waals surface area contributed by atoms with Crippen LogP contribution in [0, 0.1) is 0 Å². The highest BCUT2D eigenvalue weighted by atomic mass is 16.2. The second-order valence-electron chi connectivity index (χ2n) is 7.24. The van der Waals surface area contributed by atoms with E-state index >= 15 is 0 Å². The molecule has 2 aromatic carbocycles. The number of amides is 1. The molecule has 1 atom stereocenters. The lowest BCUT2D eigenvalue weighted by Crippen LogP contribution is -2.39. The van der Waals surface area contributed by atoms with Crippen molar-refractivity contribution in [3.8, 4) is 0 Å². The molecule has 4 rings (SSSR count). The molecule has 0 radical (unpaired) electrons. The number of hydrogen-bond donors (Lipinski definition) is 0. The lowest BCUT2D eigenvalue weighted by molar-refractivity contribution is -0.130. The third kappa shape index (κ3) is 2.48. The van der Waals surface area contributed by atoms with E-state index in [2.05, 4.69) is 48.2 Å². The minimum absolute atomic E-state index is 0.0893. The molecule has 0 N–H and O–H groups in total. The Kier molecular flexibility index (Phi) is 3.60. The van der Waals surface area contributed by atoms with E-state index in [-0.39, 0.29) is 11.9 Å². The quantitative estimate of drug-likeness (QED) is 0.856. The van der Waals surface area contributed by atoms with Crippen LogP contribution in [0.3, 0.4) is 0 Å². The number of rotatable bonds is 4. The number of carbonyl (C=O) groups is 1. The Labute approximate surface area is 143 Å². The van der Waals surface area contributed by atoms with Gasteiger partial charge >= 0.3 is 0 Å². The molecule has 1 amide bonds. The Hall–Kier alpha value is -2.29. The highest BCUT2D eigenvalue weighted by Crippen LogP contribution is 2.56. The van der Waals surface area contributed by atoms with Crippen LogP contribution in [0.5, 0.6) is 0 Å². The monoisotopic (exact) mass is 320 g/mol. The first-order valence-corrected chi connectivity index (χ1v) is 8.76. The number of benzene rings is 2. The molecule has 3 heteroatoms. The first-order valence-electron chi connectivity index (χ1n) is 8.76. The van der Waals surface area contributed by atoms with Gasteiger partial charge in [-0.05, 0) is 37.0 Å². The summed E-state index contributed by atoms with van der Waals surface area (Å²) in [6, 6.07) is 18.9. The van der Waals surface area contributed by atoms with Gasteiger partial charge in [-0.1, -0.05) is 48.5 Å². The molecule has 24 heavy (non-hydrogen) atoms. The number of hydrogen-bond acceptors (Lipinski definition) is 2. The van der Waals surface area contributed by atoms with E-state index in [1.807, 2.05) is 30.1 Å². The Balaban J connectivity index is 1.49. The largest absolute Gasteiger partial charge is 0.361 e. The molecule has 1 saturated carbocycles. The Morgan fingerprint density at radius 3 is 2.50 bits per heavy atom. The fraction of sp³-hybridized carbons (Fsp3) is 0.381. The molecule has 1 fully saturated rings. The summed E-state index contributed by atoms with van der Waals surface area (Å²) < 4.78 is 0. The van der Waals surface area contributed by atoms with E-state index in [1.165, 1.54) is 29.7 Å². The highest BCUT2D eigenvalue weighted by Gasteiger charge is 2.51. The standard InChI is InChI=1S/C21H24N2O/c1-16(17-8-4-3-5-9-17)22(2)20(24)14-23-15-21(12-13-21)18-10-6-7-11-19(18)23/h3-11,16H,12-15H2,1-2H3. The number of anilines is 1. The topological polar surface area (TPSA) is 23.6 Å². The van der Waals surface area contributed by atoms with Crippen LogP contribution in [0.25, 0.3) is 0 Å². The van der Waals surface area contributed by atoms with Crippen molar-refractivity contribution in [2.75, 3.05) is 25.0 Å². The van der Waals surface area contributed by atoms with Gasteiger partial charge in [0.05, 0.1) is 12.6 Å². The predicted octanol–water partition coefficient (Wildman–Crippen LogP) is 3.76. The SMILES string of the molecule is CC(c1ccccc1)N(C)C(=O)CN1CC2(CC2)c2ccccc21. The van der Waals surface area contributed by atoms with E-state index in [4.69, 9.17) is 0 Å². The van der Waals surface area contributed by atoms with E-state index in [0.717, 1.165) is 6.54 Å². The Bertz CT molecular complexity index is 751. The molecule has 124 valence electrons. The van der Waals surface area contributed by atoms with Crippen LogP contribution in [0.4, 0.5) is 5.69 Å². The van der Waals surface area contributed by atoms with Gasteiger partial charge < -0.3 is 9.80 Å². The van der Waals surface area contributed by atoms with Crippen molar-refractivity contribution in [3.05, 3.63) is 65.7 Å². The number of para-hydroxylation sites is 1. The number of nitrogens with zero attached hydrogens (tertiary/aromatic N) is 2. The van der Waals surface area contributed by atoms with Gasteiger partial charge in [-0.25, -0.2) is 0 Å². The average molecular weight is 320 g/mol. The van der Waals surface area contributed by atoms with E-state index in [0.29, 0.717) is 12.0 Å². The van der Waals surface area contributed by atoms with Crippen LogP contribution in [-0.4, -0.2) is 30.9 Å². The molecular weight excluding hydrogens is 296 g/mol. The molecule has 1 spiro atoms. The van der Waals surface area contributed by atoms with Crippen LogP contribution in [0.1, 0.15) is 36.9 Å². The molecular formula is C21H24N2O. The number of fused-ring (bicyclic) bond motifs is 2. The van der Waals surface area contributed by atoms with Crippen molar-refractivity contribution in [2.24, 2.45) is 0 Å². The van der Waals surface area contributed by atoms with E-state index in [1.54, 1.807) is 0 Å². The molecule has 2 aromatic rings. The third-order valence-corrected chi connectivity index (χ3v) is 5.75. The van der Waals surface area contributed by atoms with Crippen molar-refractivity contribution >= 4 is 11.6 Å². The van der Waals surface area contributed by atoms with Gasteiger partial charge in [-0.3, -0.25) is 4.79 Å². The van der Waals surface area contributed by atoms with Gasteiger partial charge in [-0.2, -0.15) is 0 Å². The molecule has 0 saturated heterocycles. The maximum Gasteiger partial charge on any atom is 0.242 e. The second kappa shape index (κ2) is 5.66.